The van der Waals surface area contributed by atoms with Crippen LogP contribution < -0.4 is 5.73 Å². The van der Waals surface area contributed by atoms with Crippen molar-refractivity contribution < 1.29 is 0 Å². The van der Waals surface area contributed by atoms with Crippen molar-refractivity contribution in [2.75, 3.05) is 5.73 Å². The zero-order valence-electron chi connectivity index (χ0n) is 6.47. The summed E-state index contributed by atoms with van der Waals surface area (Å²) >= 11 is 4.97. The van der Waals surface area contributed by atoms with E-state index in [0.717, 1.165) is 14.7 Å². The number of fused-ring (bicyclic) bond motifs is 1. The smallest absolute Gasteiger partial charge is 0.181 e. The molecule has 4 heteroatoms. The van der Waals surface area contributed by atoms with E-state index in [1.54, 1.807) is 0 Å². The third-order valence-electron chi connectivity index (χ3n) is 1.69. The molecule has 62 valence electrons. The fourth-order valence-corrected chi connectivity index (χ4v) is 2.21. The molecule has 2 nitrogen and oxygen atoms in total. The summed E-state index contributed by atoms with van der Waals surface area (Å²) in [7, 11) is 0. The highest BCUT2D eigenvalue weighted by Crippen LogP contribution is 2.28. The Kier molecular flexibility index (Phi) is 1.81. The Balaban J connectivity index is 2.83. The molecule has 0 bridgehead atoms. The first-order chi connectivity index (χ1) is 5.66. The number of anilines is 1. The number of hydrogen-bond donors (Lipinski definition) is 1. The lowest BCUT2D eigenvalue weighted by Gasteiger charge is -1.95. The minimum absolute atomic E-state index is 0.627. The van der Waals surface area contributed by atoms with Crippen molar-refractivity contribution in [3.63, 3.8) is 0 Å². The van der Waals surface area contributed by atoms with E-state index in [4.69, 9.17) is 5.73 Å². The molecule has 2 N–H and O–H groups in total. The maximum atomic E-state index is 5.58. The van der Waals surface area contributed by atoms with E-state index in [1.165, 1.54) is 16.9 Å². The zero-order chi connectivity index (χ0) is 8.72. The van der Waals surface area contributed by atoms with Gasteiger partial charge >= 0.3 is 0 Å². The van der Waals surface area contributed by atoms with Crippen LogP contribution in [0.2, 0.25) is 0 Å². The molecule has 0 amide bonds. The maximum Gasteiger partial charge on any atom is 0.181 e. The summed E-state index contributed by atoms with van der Waals surface area (Å²) in [5.41, 5.74) is 7.76. The molecule has 2 aromatic rings. The van der Waals surface area contributed by atoms with Gasteiger partial charge in [0.25, 0.3) is 0 Å². The van der Waals surface area contributed by atoms with Crippen molar-refractivity contribution >= 4 is 42.6 Å². The minimum atomic E-state index is 0.627. The average molecular weight is 243 g/mol. The molecule has 0 fully saturated rings. The quantitative estimate of drug-likeness (QED) is 0.772. The van der Waals surface area contributed by atoms with Crippen molar-refractivity contribution in [1.29, 1.82) is 0 Å². The summed E-state index contributed by atoms with van der Waals surface area (Å²) in [5, 5.41) is 0.627. The van der Waals surface area contributed by atoms with E-state index in [2.05, 4.69) is 33.9 Å². The third kappa shape index (κ3) is 1.21. The second-order valence-corrected chi connectivity index (χ2v) is 4.54. The standard InChI is InChI=1S/C8H7BrN2S/c1-4-2-7-6(3-5(4)9)11-8(10)12-7/h2-3H,1H3,(H2,10,11). The lowest BCUT2D eigenvalue weighted by atomic mass is 10.2. The molecule has 1 aromatic carbocycles. The van der Waals surface area contributed by atoms with Crippen molar-refractivity contribution in [2.24, 2.45) is 0 Å². The number of nitrogens with zero attached hydrogens (tertiary/aromatic N) is 1. The number of halogens is 1. The summed E-state index contributed by atoms with van der Waals surface area (Å²) < 4.78 is 2.23. The molecule has 2 rings (SSSR count). The van der Waals surface area contributed by atoms with Gasteiger partial charge in [-0.1, -0.05) is 27.3 Å². The molecular weight excluding hydrogens is 236 g/mol. The molecule has 12 heavy (non-hydrogen) atoms. The fourth-order valence-electron chi connectivity index (χ4n) is 1.07. The second-order valence-electron chi connectivity index (χ2n) is 2.62. The first kappa shape index (κ1) is 8.01. The number of nitrogens with two attached hydrogens (primary N) is 1. The van der Waals surface area contributed by atoms with Crippen molar-refractivity contribution in [3.8, 4) is 0 Å². The van der Waals surface area contributed by atoms with Gasteiger partial charge in [0.15, 0.2) is 5.13 Å². The van der Waals surface area contributed by atoms with E-state index >= 15 is 0 Å². The van der Waals surface area contributed by atoms with Gasteiger partial charge in [-0.2, -0.15) is 0 Å². The normalized spacial score (nSPS) is 10.8. The van der Waals surface area contributed by atoms with Gasteiger partial charge in [-0.3, -0.25) is 0 Å². The van der Waals surface area contributed by atoms with Gasteiger partial charge in [0, 0.05) is 4.47 Å². The van der Waals surface area contributed by atoms with Crippen LogP contribution in [0.25, 0.3) is 10.2 Å². The van der Waals surface area contributed by atoms with Crippen LogP contribution in [0, 0.1) is 6.92 Å². The molecular formula is C8H7BrN2S. The number of rotatable bonds is 0. The number of aryl methyl sites for hydroxylation is 1. The maximum absolute atomic E-state index is 5.58. The van der Waals surface area contributed by atoms with Gasteiger partial charge < -0.3 is 5.73 Å². The molecule has 0 aliphatic carbocycles. The Bertz CT molecular complexity index is 397. The van der Waals surface area contributed by atoms with E-state index in [1.807, 2.05) is 6.07 Å². The first-order valence-corrected chi connectivity index (χ1v) is 5.10. The van der Waals surface area contributed by atoms with Crippen LogP contribution in [-0.4, -0.2) is 4.98 Å². The molecule has 0 aliphatic rings. The first-order valence-electron chi connectivity index (χ1n) is 3.49. The summed E-state index contributed by atoms with van der Waals surface area (Å²) in [5.74, 6) is 0. The summed E-state index contributed by atoms with van der Waals surface area (Å²) in [6, 6.07) is 4.09. The van der Waals surface area contributed by atoms with E-state index in [9.17, 15) is 0 Å². The molecule has 0 spiro atoms. The van der Waals surface area contributed by atoms with Crippen LogP contribution in [0.3, 0.4) is 0 Å². The Morgan fingerprint density at radius 1 is 1.50 bits per heavy atom. The highest BCUT2D eigenvalue weighted by molar-refractivity contribution is 9.10. The van der Waals surface area contributed by atoms with Gasteiger partial charge in [0.1, 0.15) is 0 Å². The summed E-state index contributed by atoms with van der Waals surface area (Å²) in [4.78, 5) is 4.18. The third-order valence-corrected chi connectivity index (χ3v) is 3.39. The van der Waals surface area contributed by atoms with Crippen LogP contribution in [0.15, 0.2) is 16.6 Å². The van der Waals surface area contributed by atoms with E-state index in [-0.39, 0.29) is 0 Å². The second kappa shape index (κ2) is 2.71. The number of thiazole rings is 1. The number of nitrogen functional groups attached to an aromatic ring is 1. The molecule has 1 aromatic heterocycles. The minimum Gasteiger partial charge on any atom is -0.375 e. The van der Waals surface area contributed by atoms with Crippen LogP contribution in [0.4, 0.5) is 5.13 Å². The van der Waals surface area contributed by atoms with E-state index in [0.29, 0.717) is 5.13 Å². The molecule has 1 heterocycles. The fraction of sp³-hybridized carbons (Fsp3) is 0.125. The molecule has 0 aliphatic heterocycles. The predicted molar refractivity (Wildman–Crippen MR) is 56.5 cm³/mol. The van der Waals surface area contributed by atoms with E-state index < -0.39 is 0 Å². The van der Waals surface area contributed by atoms with Crippen LogP contribution in [0.1, 0.15) is 5.56 Å². The average Bonchev–Trinajstić information content (AvgIpc) is 2.30. The van der Waals surface area contributed by atoms with Crippen molar-refractivity contribution in [3.05, 3.63) is 22.2 Å². The van der Waals surface area contributed by atoms with Gasteiger partial charge in [-0.05, 0) is 24.6 Å². The monoisotopic (exact) mass is 242 g/mol. The predicted octanol–water partition coefficient (Wildman–Crippen LogP) is 2.95. The van der Waals surface area contributed by atoms with Gasteiger partial charge in [-0.25, -0.2) is 4.98 Å². The SMILES string of the molecule is Cc1cc2sc(N)nc2cc1Br. The summed E-state index contributed by atoms with van der Waals surface area (Å²) in [6.45, 7) is 2.05. The Morgan fingerprint density at radius 3 is 3.00 bits per heavy atom. The Morgan fingerprint density at radius 2 is 2.25 bits per heavy atom. The summed E-state index contributed by atoms with van der Waals surface area (Å²) in [6.07, 6.45) is 0. The van der Waals surface area contributed by atoms with Crippen molar-refractivity contribution in [2.45, 2.75) is 6.92 Å². The van der Waals surface area contributed by atoms with Crippen LogP contribution in [0.5, 0.6) is 0 Å². The molecule has 0 saturated carbocycles. The Hall–Kier alpha value is -0.610. The van der Waals surface area contributed by atoms with Gasteiger partial charge in [-0.15, -0.1) is 0 Å². The van der Waals surface area contributed by atoms with Crippen LogP contribution >= 0.6 is 27.3 Å². The van der Waals surface area contributed by atoms with Gasteiger partial charge in [0.05, 0.1) is 10.2 Å². The van der Waals surface area contributed by atoms with Crippen LogP contribution in [-0.2, 0) is 0 Å². The lowest BCUT2D eigenvalue weighted by molar-refractivity contribution is 1.43. The molecule has 0 unspecified atom stereocenters. The van der Waals surface area contributed by atoms with Crippen molar-refractivity contribution in [1.82, 2.24) is 4.98 Å². The number of aromatic nitrogens is 1. The van der Waals surface area contributed by atoms with Gasteiger partial charge in [0.2, 0.25) is 0 Å². The number of benzene rings is 1. The highest BCUT2D eigenvalue weighted by atomic mass is 79.9. The molecule has 0 saturated heterocycles. The molecule has 0 radical (unpaired) electrons. The Labute approximate surface area is 82.5 Å². The largest absolute Gasteiger partial charge is 0.375 e. The number of hydrogen-bond acceptors (Lipinski definition) is 3. The highest BCUT2D eigenvalue weighted by Gasteiger charge is 2.03. The molecule has 0 atom stereocenters. The lowest BCUT2D eigenvalue weighted by Crippen LogP contribution is -1.79. The zero-order valence-corrected chi connectivity index (χ0v) is 8.87. The topological polar surface area (TPSA) is 38.9 Å².